The Labute approximate surface area is 97.3 Å². The Bertz CT molecular complexity index is 352. The molecule has 1 aromatic carbocycles. The number of methoxy groups -OCH3 is 1. The largest absolute Gasteiger partial charge is 0.496 e. The summed E-state index contributed by atoms with van der Waals surface area (Å²) in [6.07, 6.45) is 4.85. The molecule has 16 heavy (non-hydrogen) atoms. The summed E-state index contributed by atoms with van der Waals surface area (Å²) in [4.78, 5) is 0. The molecular formula is C14H20O2. The van der Waals surface area contributed by atoms with Crippen molar-refractivity contribution in [3.05, 3.63) is 27.8 Å². The molecular weight excluding hydrogens is 200 g/mol. The van der Waals surface area contributed by atoms with Gasteiger partial charge >= 0.3 is 0 Å². The number of aliphatic hydroxyl groups is 1. The van der Waals surface area contributed by atoms with Gasteiger partial charge in [-0.15, -0.1) is 0 Å². The van der Waals surface area contributed by atoms with Crippen molar-refractivity contribution in [2.24, 2.45) is 0 Å². The van der Waals surface area contributed by atoms with Crippen LogP contribution in [-0.4, -0.2) is 12.2 Å². The fraction of sp³-hybridized carbons (Fsp3) is 0.571. The maximum atomic E-state index is 9.48. The van der Waals surface area contributed by atoms with Crippen molar-refractivity contribution in [2.75, 3.05) is 7.11 Å². The minimum atomic E-state index is 0.0725. The molecule has 0 radical (unpaired) electrons. The van der Waals surface area contributed by atoms with Crippen LogP contribution in [0, 0.1) is 13.8 Å². The molecule has 1 N–H and O–H groups in total. The highest BCUT2D eigenvalue weighted by molar-refractivity contribution is 5.55. The summed E-state index contributed by atoms with van der Waals surface area (Å²) in [5.74, 6) is 0.889. The van der Waals surface area contributed by atoms with Crippen LogP contribution >= 0.6 is 0 Å². The molecule has 0 amide bonds. The molecule has 0 aliphatic heterocycles. The lowest BCUT2D eigenvalue weighted by Gasteiger charge is -2.25. The van der Waals surface area contributed by atoms with Gasteiger partial charge in [0.15, 0.2) is 0 Å². The van der Waals surface area contributed by atoms with E-state index in [1.165, 1.54) is 35.1 Å². The third kappa shape index (κ3) is 1.61. The molecule has 0 aromatic heterocycles. The van der Waals surface area contributed by atoms with Crippen LogP contribution in [0.2, 0.25) is 0 Å². The van der Waals surface area contributed by atoms with Gasteiger partial charge in [0, 0.05) is 5.56 Å². The Morgan fingerprint density at radius 2 is 1.62 bits per heavy atom. The summed E-state index contributed by atoms with van der Waals surface area (Å²) in [5.41, 5.74) is 6.35. The molecule has 0 atom stereocenters. The monoisotopic (exact) mass is 220 g/mol. The smallest absolute Gasteiger partial charge is 0.127 e. The maximum absolute atomic E-state index is 9.48. The van der Waals surface area contributed by atoms with E-state index in [1.54, 1.807) is 7.11 Å². The number of rotatable bonds is 2. The first-order chi connectivity index (χ1) is 7.70. The van der Waals surface area contributed by atoms with E-state index in [1.807, 2.05) is 0 Å². The standard InChI is InChI=1S/C14H20O2/c1-9-11-6-4-5-7-12(11)10(2)14(16-3)13(9)8-15/h15H,4-8H2,1-3H3. The fourth-order valence-corrected chi connectivity index (χ4v) is 2.92. The average Bonchev–Trinajstić information content (AvgIpc) is 2.33. The summed E-state index contributed by atoms with van der Waals surface area (Å²) in [6, 6.07) is 0. The molecule has 0 fully saturated rings. The van der Waals surface area contributed by atoms with Gasteiger partial charge in [-0.25, -0.2) is 0 Å². The highest BCUT2D eigenvalue weighted by Gasteiger charge is 2.21. The van der Waals surface area contributed by atoms with Crippen LogP contribution in [0.5, 0.6) is 5.75 Å². The number of hydrogen-bond acceptors (Lipinski definition) is 2. The Morgan fingerprint density at radius 1 is 1.06 bits per heavy atom. The van der Waals surface area contributed by atoms with Gasteiger partial charge in [0.05, 0.1) is 13.7 Å². The van der Waals surface area contributed by atoms with E-state index < -0.39 is 0 Å². The zero-order valence-electron chi connectivity index (χ0n) is 10.4. The highest BCUT2D eigenvalue weighted by atomic mass is 16.5. The SMILES string of the molecule is COc1c(C)c2c(c(C)c1CO)CCCC2. The molecule has 1 aromatic rings. The Kier molecular flexibility index (Phi) is 3.20. The summed E-state index contributed by atoms with van der Waals surface area (Å²) in [7, 11) is 1.69. The van der Waals surface area contributed by atoms with Crippen molar-refractivity contribution in [1.82, 2.24) is 0 Å². The third-order valence-electron chi connectivity index (χ3n) is 3.80. The normalized spacial score (nSPS) is 14.8. The molecule has 0 spiro atoms. The van der Waals surface area contributed by atoms with E-state index in [4.69, 9.17) is 4.74 Å². The summed E-state index contributed by atoms with van der Waals surface area (Å²) >= 11 is 0. The lowest BCUT2D eigenvalue weighted by atomic mass is 9.83. The van der Waals surface area contributed by atoms with E-state index >= 15 is 0 Å². The third-order valence-corrected chi connectivity index (χ3v) is 3.80. The summed E-state index contributed by atoms with van der Waals surface area (Å²) in [6.45, 7) is 4.29. The molecule has 0 heterocycles. The van der Waals surface area contributed by atoms with Crippen molar-refractivity contribution < 1.29 is 9.84 Å². The van der Waals surface area contributed by atoms with Crippen molar-refractivity contribution in [3.8, 4) is 5.75 Å². The van der Waals surface area contributed by atoms with E-state index in [2.05, 4.69) is 13.8 Å². The van der Waals surface area contributed by atoms with E-state index in [9.17, 15) is 5.11 Å². The van der Waals surface area contributed by atoms with Crippen LogP contribution in [0.1, 0.15) is 40.7 Å². The summed E-state index contributed by atoms with van der Waals surface area (Å²) in [5, 5.41) is 9.48. The minimum absolute atomic E-state index is 0.0725. The molecule has 1 aliphatic carbocycles. The predicted octanol–water partition coefficient (Wildman–Crippen LogP) is 2.68. The molecule has 2 nitrogen and oxygen atoms in total. The second-order valence-electron chi connectivity index (χ2n) is 4.58. The second kappa shape index (κ2) is 4.46. The molecule has 0 unspecified atom stereocenters. The van der Waals surface area contributed by atoms with Crippen LogP contribution < -0.4 is 4.74 Å². The number of benzene rings is 1. The van der Waals surface area contributed by atoms with Gasteiger partial charge in [-0.3, -0.25) is 0 Å². The van der Waals surface area contributed by atoms with Crippen molar-refractivity contribution in [3.63, 3.8) is 0 Å². The molecule has 1 aliphatic rings. The van der Waals surface area contributed by atoms with Crippen molar-refractivity contribution in [1.29, 1.82) is 0 Å². The number of aliphatic hydroxyl groups excluding tert-OH is 1. The van der Waals surface area contributed by atoms with Gasteiger partial charge in [0.1, 0.15) is 5.75 Å². The van der Waals surface area contributed by atoms with Crippen LogP contribution in [-0.2, 0) is 19.4 Å². The van der Waals surface area contributed by atoms with E-state index in [-0.39, 0.29) is 6.61 Å². The van der Waals surface area contributed by atoms with Crippen LogP contribution in [0.4, 0.5) is 0 Å². The van der Waals surface area contributed by atoms with Crippen LogP contribution in [0.3, 0.4) is 0 Å². The fourth-order valence-electron chi connectivity index (χ4n) is 2.92. The number of ether oxygens (including phenoxy) is 1. The molecule has 0 bridgehead atoms. The van der Waals surface area contributed by atoms with Gasteiger partial charge in [0.2, 0.25) is 0 Å². The summed E-state index contributed by atoms with van der Waals surface area (Å²) < 4.78 is 5.45. The van der Waals surface area contributed by atoms with E-state index in [0.717, 1.165) is 24.2 Å². The first-order valence-corrected chi connectivity index (χ1v) is 5.99. The van der Waals surface area contributed by atoms with Gasteiger partial charge in [-0.1, -0.05) is 0 Å². The zero-order valence-corrected chi connectivity index (χ0v) is 10.4. The number of hydrogen-bond donors (Lipinski definition) is 1. The Hall–Kier alpha value is -1.02. The van der Waals surface area contributed by atoms with Gasteiger partial charge in [-0.05, 0) is 61.8 Å². The lowest BCUT2D eigenvalue weighted by Crippen LogP contribution is -2.11. The first-order valence-electron chi connectivity index (χ1n) is 5.99. The Morgan fingerprint density at radius 3 is 2.12 bits per heavy atom. The molecule has 0 saturated carbocycles. The van der Waals surface area contributed by atoms with Gasteiger partial charge in [0.25, 0.3) is 0 Å². The minimum Gasteiger partial charge on any atom is -0.496 e. The number of fused-ring (bicyclic) bond motifs is 1. The van der Waals surface area contributed by atoms with Crippen LogP contribution in [0.25, 0.3) is 0 Å². The maximum Gasteiger partial charge on any atom is 0.127 e. The van der Waals surface area contributed by atoms with Gasteiger partial charge in [-0.2, -0.15) is 0 Å². The second-order valence-corrected chi connectivity index (χ2v) is 4.58. The predicted molar refractivity (Wildman–Crippen MR) is 65.0 cm³/mol. The highest BCUT2D eigenvalue weighted by Crippen LogP contribution is 2.37. The zero-order chi connectivity index (χ0) is 11.7. The topological polar surface area (TPSA) is 29.5 Å². The van der Waals surface area contributed by atoms with Crippen LogP contribution in [0.15, 0.2) is 0 Å². The first kappa shape index (κ1) is 11.5. The average molecular weight is 220 g/mol. The van der Waals surface area contributed by atoms with E-state index in [0.29, 0.717) is 0 Å². The molecule has 2 heteroatoms. The van der Waals surface area contributed by atoms with Crippen molar-refractivity contribution in [2.45, 2.75) is 46.1 Å². The van der Waals surface area contributed by atoms with Crippen molar-refractivity contribution >= 4 is 0 Å². The van der Waals surface area contributed by atoms with Gasteiger partial charge < -0.3 is 9.84 Å². The quantitative estimate of drug-likeness (QED) is 0.830. The lowest BCUT2D eigenvalue weighted by molar-refractivity contribution is 0.272. The molecule has 2 rings (SSSR count). The molecule has 0 saturated heterocycles. The molecule has 88 valence electrons. The Balaban J connectivity index is 2.69.